The standard InChI is InChI=1S/C11H17F4NO3/c1-2-18-9(17)7-3-4-8(16-5-7)19-6-11(14,15)10(12)13/h7-8,10,16H,2-6H2,1H3. The summed E-state index contributed by atoms with van der Waals surface area (Å²) >= 11 is 0. The van der Waals surface area contributed by atoms with Crippen molar-refractivity contribution in [2.45, 2.75) is 38.3 Å². The van der Waals surface area contributed by atoms with Crippen LogP contribution in [0.15, 0.2) is 0 Å². The van der Waals surface area contributed by atoms with E-state index >= 15 is 0 Å². The molecule has 0 aromatic rings. The summed E-state index contributed by atoms with van der Waals surface area (Å²) in [5, 5.41) is 2.72. The van der Waals surface area contributed by atoms with Crippen molar-refractivity contribution >= 4 is 5.97 Å². The van der Waals surface area contributed by atoms with Gasteiger partial charge in [-0.25, -0.2) is 8.78 Å². The summed E-state index contributed by atoms with van der Waals surface area (Å²) in [7, 11) is 0. The number of rotatable bonds is 6. The monoisotopic (exact) mass is 287 g/mol. The fourth-order valence-corrected chi connectivity index (χ4v) is 1.71. The van der Waals surface area contributed by atoms with E-state index in [4.69, 9.17) is 9.47 Å². The molecule has 0 aromatic heterocycles. The zero-order valence-corrected chi connectivity index (χ0v) is 10.5. The first kappa shape index (κ1) is 16.2. The van der Waals surface area contributed by atoms with Crippen LogP contribution in [0.3, 0.4) is 0 Å². The van der Waals surface area contributed by atoms with Crippen molar-refractivity contribution in [3.63, 3.8) is 0 Å². The lowest BCUT2D eigenvalue weighted by Gasteiger charge is -2.29. The molecule has 1 N–H and O–H groups in total. The molecule has 0 radical (unpaired) electrons. The first-order valence-electron chi connectivity index (χ1n) is 6.04. The Morgan fingerprint density at radius 1 is 1.42 bits per heavy atom. The average Bonchev–Trinajstić information content (AvgIpc) is 2.37. The first-order valence-corrected chi connectivity index (χ1v) is 6.04. The lowest BCUT2D eigenvalue weighted by molar-refractivity contribution is -0.182. The minimum Gasteiger partial charge on any atom is -0.466 e. The molecule has 19 heavy (non-hydrogen) atoms. The second-order valence-electron chi connectivity index (χ2n) is 4.30. The quantitative estimate of drug-likeness (QED) is 0.597. The molecule has 1 heterocycles. The van der Waals surface area contributed by atoms with E-state index < -0.39 is 25.2 Å². The molecule has 0 amide bonds. The molecule has 0 aliphatic carbocycles. The number of hydrogen-bond acceptors (Lipinski definition) is 4. The second-order valence-corrected chi connectivity index (χ2v) is 4.30. The van der Waals surface area contributed by atoms with E-state index in [2.05, 4.69) is 5.32 Å². The highest BCUT2D eigenvalue weighted by molar-refractivity contribution is 5.72. The molecule has 0 aromatic carbocycles. The fourth-order valence-electron chi connectivity index (χ4n) is 1.71. The maximum absolute atomic E-state index is 12.6. The molecule has 1 aliphatic rings. The molecule has 1 fully saturated rings. The van der Waals surface area contributed by atoms with Crippen molar-refractivity contribution in [2.24, 2.45) is 5.92 Å². The maximum atomic E-state index is 12.6. The number of piperidine rings is 1. The van der Waals surface area contributed by atoms with Crippen molar-refractivity contribution in [3.8, 4) is 0 Å². The summed E-state index contributed by atoms with van der Waals surface area (Å²) in [5.41, 5.74) is 0. The zero-order valence-electron chi connectivity index (χ0n) is 10.5. The van der Waals surface area contributed by atoms with E-state index in [-0.39, 0.29) is 25.0 Å². The Labute approximate surface area is 108 Å². The lowest BCUT2D eigenvalue weighted by Crippen LogP contribution is -2.45. The predicted molar refractivity (Wildman–Crippen MR) is 58.1 cm³/mol. The number of esters is 1. The topological polar surface area (TPSA) is 47.6 Å². The molecule has 0 saturated carbocycles. The number of nitrogens with one attached hydrogen (secondary N) is 1. The summed E-state index contributed by atoms with van der Waals surface area (Å²) in [6, 6.07) is 0. The zero-order chi connectivity index (χ0) is 14.5. The Hall–Kier alpha value is -0.890. The van der Waals surface area contributed by atoms with Gasteiger partial charge in [-0.3, -0.25) is 10.1 Å². The van der Waals surface area contributed by atoms with Crippen LogP contribution in [0.2, 0.25) is 0 Å². The van der Waals surface area contributed by atoms with Crippen molar-refractivity contribution in [3.05, 3.63) is 0 Å². The van der Waals surface area contributed by atoms with Crippen LogP contribution >= 0.6 is 0 Å². The van der Waals surface area contributed by atoms with E-state index in [1.54, 1.807) is 6.92 Å². The van der Waals surface area contributed by atoms with Crippen molar-refractivity contribution < 1.29 is 31.8 Å². The van der Waals surface area contributed by atoms with Gasteiger partial charge in [0.2, 0.25) is 0 Å². The second kappa shape index (κ2) is 7.04. The van der Waals surface area contributed by atoms with Gasteiger partial charge in [-0.1, -0.05) is 0 Å². The van der Waals surface area contributed by atoms with E-state index in [1.165, 1.54) is 0 Å². The third-order valence-electron chi connectivity index (χ3n) is 2.79. The van der Waals surface area contributed by atoms with Crippen LogP contribution in [-0.4, -0.2) is 44.3 Å². The van der Waals surface area contributed by atoms with E-state index in [1.807, 2.05) is 0 Å². The Morgan fingerprint density at radius 2 is 2.11 bits per heavy atom. The van der Waals surface area contributed by atoms with Crippen LogP contribution in [0.4, 0.5) is 17.6 Å². The number of carbonyl (C=O) groups excluding carboxylic acids is 1. The molecule has 8 heteroatoms. The van der Waals surface area contributed by atoms with Crippen LogP contribution in [0.5, 0.6) is 0 Å². The highest BCUT2D eigenvalue weighted by Crippen LogP contribution is 2.24. The Kier molecular flexibility index (Phi) is 5.99. The number of alkyl halides is 4. The van der Waals surface area contributed by atoms with Crippen LogP contribution in [-0.2, 0) is 14.3 Å². The largest absolute Gasteiger partial charge is 0.466 e. The van der Waals surface area contributed by atoms with Crippen molar-refractivity contribution in [1.29, 1.82) is 0 Å². The number of carbonyl (C=O) groups is 1. The highest BCUT2D eigenvalue weighted by atomic mass is 19.3. The molecule has 0 spiro atoms. The van der Waals surface area contributed by atoms with Gasteiger partial charge in [0, 0.05) is 6.54 Å². The minimum absolute atomic E-state index is 0.226. The Morgan fingerprint density at radius 3 is 2.58 bits per heavy atom. The van der Waals surface area contributed by atoms with E-state index in [0.29, 0.717) is 12.8 Å². The van der Waals surface area contributed by atoms with Gasteiger partial charge >= 0.3 is 18.3 Å². The van der Waals surface area contributed by atoms with E-state index in [9.17, 15) is 22.4 Å². The molecule has 1 rings (SSSR count). The molecule has 4 nitrogen and oxygen atoms in total. The Balaban J connectivity index is 2.29. The van der Waals surface area contributed by atoms with Crippen LogP contribution in [0.25, 0.3) is 0 Å². The number of halogens is 4. The summed E-state index contributed by atoms with van der Waals surface area (Å²) in [4.78, 5) is 11.4. The molecular formula is C11H17F4NO3. The minimum atomic E-state index is -4.15. The third kappa shape index (κ3) is 4.94. The molecule has 1 saturated heterocycles. The van der Waals surface area contributed by atoms with Crippen molar-refractivity contribution in [2.75, 3.05) is 19.8 Å². The highest BCUT2D eigenvalue weighted by Gasteiger charge is 2.42. The van der Waals surface area contributed by atoms with Gasteiger partial charge in [-0.15, -0.1) is 0 Å². The summed E-state index contributed by atoms with van der Waals surface area (Å²) in [6.45, 7) is 0.846. The predicted octanol–water partition coefficient (Wildman–Crippen LogP) is 1.79. The molecular weight excluding hydrogens is 270 g/mol. The van der Waals surface area contributed by atoms with Gasteiger partial charge < -0.3 is 9.47 Å². The summed E-state index contributed by atoms with van der Waals surface area (Å²) in [6.07, 6.45) is -3.78. The average molecular weight is 287 g/mol. The third-order valence-corrected chi connectivity index (χ3v) is 2.79. The molecule has 0 bridgehead atoms. The lowest BCUT2D eigenvalue weighted by atomic mass is 9.99. The van der Waals surface area contributed by atoms with Gasteiger partial charge in [0.05, 0.1) is 12.5 Å². The van der Waals surface area contributed by atoms with Crippen molar-refractivity contribution in [1.82, 2.24) is 5.32 Å². The fraction of sp³-hybridized carbons (Fsp3) is 0.909. The summed E-state index contributed by atoms with van der Waals surface area (Å²) in [5.74, 6) is -4.86. The molecule has 112 valence electrons. The van der Waals surface area contributed by atoms with Gasteiger partial charge in [0.25, 0.3) is 0 Å². The smallest absolute Gasteiger partial charge is 0.330 e. The van der Waals surface area contributed by atoms with Crippen LogP contribution in [0.1, 0.15) is 19.8 Å². The SMILES string of the molecule is CCOC(=O)C1CCC(OCC(F)(F)C(F)F)NC1. The first-order chi connectivity index (χ1) is 8.86. The van der Waals surface area contributed by atoms with Gasteiger partial charge in [0.1, 0.15) is 12.8 Å². The normalized spacial score (nSPS) is 24.5. The van der Waals surface area contributed by atoms with Gasteiger partial charge in [-0.05, 0) is 19.8 Å². The Bertz CT molecular complexity index is 294. The van der Waals surface area contributed by atoms with Gasteiger partial charge in [0.15, 0.2) is 0 Å². The van der Waals surface area contributed by atoms with Crippen LogP contribution in [0, 0.1) is 5.92 Å². The molecule has 1 aliphatic heterocycles. The number of hydrogen-bond donors (Lipinski definition) is 1. The molecule has 2 atom stereocenters. The summed E-state index contributed by atoms with van der Waals surface area (Å²) < 4.78 is 58.6. The number of ether oxygens (including phenoxy) is 2. The van der Waals surface area contributed by atoms with E-state index in [0.717, 1.165) is 0 Å². The van der Waals surface area contributed by atoms with Crippen LogP contribution < -0.4 is 5.32 Å². The molecule has 2 unspecified atom stereocenters. The van der Waals surface area contributed by atoms with Gasteiger partial charge in [-0.2, -0.15) is 8.78 Å². The maximum Gasteiger partial charge on any atom is 0.330 e.